The van der Waals surface area contributed by atoms with Gasteiger partial charge in [-0.2, -0.15) is 31.6 Å². The molecule has 0 aromatic heterocycles. The molecule has 178 valence electrons. The molecule has 5 atom stereocenters. The Morgan fingerprint density at radius 3 is 2.50 bits per heavy atom. The van der Waals surface area contributed by atoms with E-state index >= 15 is 0 Å². The van der Waals surface area contributed by atoms with Gasteiger partial charge in [0.15, 0.2) is 0 Å². The molecule has 0 spiro atoms. The first kappa shape index (κ1) is 22.7. The van der Waals surface area contributed by atoms with E-state index in [2.05, 4.69) is 5.32 Å². The van der Waals surface area contributed by atoms with E-state index in [0.29, 0.717) is 6.07 Å². The molecule has 0 radical (unpaired) electrons. The number of alkyl halides is 6. The summed E-state index contributed by atoms with van der Waals surface area (Å²) < 4.78 is 85.7. The van der Waals surface area contributed by atoms with Gasteiger partial charge >= 0.3 is 12.4 Å². The average Bonchev–Trinajstić information content (AvgIpc) is 3.26. The van der Waals surface area contributed by atoms with Crippen molar-refractivity contribution in [2.45, 2.75) is 48.9 Å². The summed E-state index contributed by atoms with van der Waals surface area (Å²) in [5, 5.41) is 21.8. The zero-order valence-corrected chi connectivity index (χ0v) is 17.2. The van der Waals surface area contributed by atoms with Crippen LogP contribution in [0.2, 0.25) is 0 Å². The van der Waals surface area contributed by atoms with Gasteiger partial charge in [-0.05, 0) is 36.2 Å². The first-order chi connectivity index (χ1) is 15.8. The summed E-state index contributed by atoms with van der Waals surface area (Å²) in [6.45, 7) is 0. The number of hydrogen-bond acceptors (Lipinski definition) is 4. The number of carbonyl (C=O) groups is 1. The molecule has 2 bridgehead atoms. The van der Waals surface area contributed by atoms with Gasteiger partial charge in [-0.25, -0.2) is 0 Å². The van der Waals surface area contributed by atoms with Crippen LogP contribution in [0.5, 0.6) is 0 Å². The minimum absolute atomic E-state index is 0.0833. The van der Waals surface area contributed by atoms with E-state index in [1.54, 1.807) is 0 Å². The lowest BCUT2D eigenvalue weighted by molar-refractivity contribution is -0.138. The third kappa shape index (κ3) is 2.98. The van der Waals surface area contributed by atoms with Gasteiger partial charge in [0.1, 0.15) is 0 Å². The minimum atomic E-state index is -4.83. The largest absolute Gasteiger partial charge is 0.417 e. The number of halogens is 6. The van der Waals surface area contributed by atoms with Crippen molar-refractivity contribution in [3.8, 4) is 6.07 Å². The van der Waals surface area contributed by atoms with Gasteiger partial charge in [0.25, 0.3) is 0 Å². The number of carbonyl (C=O) groups excluding carboxylic acids is 1. The highest BCUT2D eigenvalue weighted by Crippen LogP contribution is 2.77. The second-order valence-corrected chi connectivity index (χ2v) is 8.87. The molecular formula is C23H16F6N2O3. The topological polar surface area (TPSA) is 82.4 Å². The summed E-state index contributed by atoms with van der Waals surface area (Å²) >= 11 is 0. The van der Waals surface area contributed by atoms with Crippen LogP contribution in [0.1, 0.15) is 35.1 Å². The van der Waals surface area contributed by atoms with Crippen molar-refractivity contribution in [1.29, 1.82) is 5.26 Å². The van der Waals surface area contributed by atoms with Crippen LogP contribution >= 0.6 is 0 Å². The maximum Gasteiger partial charge on any atom is 0.417 e. The molecule has 2 N–H and O–H groups in total. The van der Waals surface area contributed by atoms with E-state index < -0.39 is 64.1 Å². The van der Waals surface area contributed by atoms with Crippen LogP contribution in [-0.4, -0.2) is 29.3 Å². The molecule has 2 saturated heterocycles. The van der Waals surface area contributed by atoms with Crippen LogP contribution in [-0.2, 0) is 27.3 Å². The molecule has 3 aliphatic rings. The van der Waals surface area contributed by atoms with Crippen LogP contribution in [0.3, 0.4) is 0 Å². The lowest BCUT2D eigenvalue weighted by Gasteiger charge is -2.30. The number of anilines is 1. The normalized spacial score (nSPS) is 31.6. The summed E-state index contributed by atoms with van der Waals surface area (Å²) in [5.74, 6) is -0.706. The summed E-state index contributed by atoms with van der Waals surface area (Å²) in [6.07, 6.45) is -12.0. The Kier molecular flexibility index (Phi) is 4.64. The number of aliphatic hydroxyl groups excluding tert-OH is 1. The van der Waals surface area contributed by atoms with Crippen molar-refractivity contribution >= 4 is 11.6 Å². The van der Waals surface area contributed by atoms with Crippen LogP contribution in [0, 0.1) is 16.7 Å². The Balaban J connectivity index is 1.52. The molecule has 2 aliphatic heterocycles. The van der Waals surface area contributed by atoms with Gasteiger partial charge in [0.05, 0.1) is 46.5 Å². The number of rotatable bonds is 3. The fourth-order valence-corrected chi connectivity index (χ4v) is 5.70. The lowest BCUT2D eigenvalue weighted by atomic mass is 9.73. The molecule has 2 aromatic carbocycles. The molecule has 34 heavy (non-hydrogen) atoms. The van der Waals surface area contributed by atoms with Crippen molar-refractivity contribution in [3.63, 3.8) is 0 Å². The average molecular weight is 482 g/mol. The first-order valence-electron chi connectivity index (χ1n) is 10.3. The molecule has 1 aliphatic carbocycles. The number of amides is 1. The molecule has 3 fully saturated rings. The van der Waals surface area contributed by atoms with Crippen molar-refractivity contribution in [1.82, 2.24) is 0 Å². The molecule has 11 heteroatoms. The van der Waals surface area contributed by atoms with Crippen molar-refractivity contribution in [2.75, 3.05) is 5.32 Å². The van der Waals surface area contributed by atoms with Crippen LogP contribution in [0.4, 0.5) is 32.0 Å². The maximum atomic E-state index is 13.4. The van der Waals surface area contributed by atoms with E-state index in [9.17, 15) is 36.2 Å². The lowest BCUT2D eigenvalue weighted by Crippen LogP contribution is -2.44. The first-order valence-corrected chi connectivity index (χ1v) is 10.3. The van der Waals surface area contributed by atoms with Crippen LogP contribution in [0.25, 0.3) is 0 Å². The second-order valence-electron chi connectivity index (χ2n) is 8.87. The molecule has 2 heterocycles. The summed E-state index contributed by atoms with van der Waals surface area (Å²) in [6, 6.07) is 8.65. The fraction of sp³-hybridized carbons (Fsp3) is 0.391. The molecule has 1 amide bonds. The Morgan fingerprint density at radius 2 is 1.85 bits per heavy atom. The van der Waals surface area contributed by atoms with E-state index in [0.717, 1.165) is 24.3 Å². The zero-order chi connectivity index (χ0) is 24.7. The SMILES string of the molecule is N#Cc1ccc(NC(=O)C23CC2(c2cccc(C(F)(F)F)c2)C2OC3CC2O)cc1C(F)(F)F. The molecule has 5 unspecified atom stereocenters. The van der Waals surface area contributed by atoms with Gasteiger partial charge in [-0.3, -0.25) is 4.79 Å². The monoisotopic (exact) mass is 482 g/mol. The maximum absolute atomic E-state index is 13.4. The number of nitriles is 1. The Labute approximate surface area is 188 Å². The summed E-state index contributed by atoms with van der Waals surface area (Å²) in [7, 11) is 0. The number of aliphatic hydroxyl groups is 1. The summed E-state index contributed by atoms with van der Waals surface area (Å²) in [5.41, 5.74) is -5.35. The van der Waals surface area contributed by atoms with Gasteiger partial charge in [-0.1, -0.05) is 18.2 Å². The zero-order valence-electron chi connectivity index (χ0n) is 17.2. The number of nitrogens with zero attached hydrogens (tertiary/aromatic N) is 1. The Morgan fingerprint density at radius 1 is 1.12 bits per heavy atom. The highest BCUT2D eigenvalue weighted by molar-refractivity contribution is 6.01. The quantitative estimate of drug-likeness (QED) is 0.636. The van der Waals surface area contributed by atoms with Gasteiger partial charge in [0.2, 0.25) is 5.91 Å². The predicted molar refractivity (Wildman–Crippen MR) is 104 cm³/mol. The van der Waals surface area contributed by atoms with E-state index in [1.165, 1.54) is 18.2 Å². The molecule has 5 rings (SSSR count). The third-order valence-corrected chi connectivity index (χ3v) is 7.19. The van der Waals surface area contributed by atoms with E-state index in [-0.39, 0.29) is 24.1 Å². The van der Waals surface area contributed by atoms with Crippen molar-refractivity contribution in [3.05, 3.63) is 64.7 Å². The number of fused-ring (bicyclic) bond motifs is 5. The number of hydrogen-bond donors (Lipinski definition) is 2. The third-order valence-electron chi connectivity index (χ3n) is 7.19. The second kappa shape index (κ2) is 6.96. The van der Waals surface area contributed by atoms with Crippen LogP contribution in [0.15, 0.2) is 42.5 Å². The number of benzene rings is 2. The number of nitrogens with one attached hydrogen (secondary N) is 1. The molecule has 2 aromatic rings. The van der Waals surface area contributed by atoms with Gasteiger partial charge in [-0.15, -0.1) is 0 Å². The minimum Gasteiger partial charge on any atom is -0.390 e. The van der Waals surface area contributed by atoms with Gasteiger partial charge < -0.3 is 15.2 Å². The Hall–Kier alpha value is -3.10. The molecule has 1 saturated carbocycles. The standard InChI is InChI=1S/C23H16F6N2O3/c24-22(25,26)13-3-1-2-12(6-13)20-10-21(20,17-8-16(32)18(20)34-17)19(33)31-14-5-4-11(9-30)15(7-14)23(27,28)29/h1-7,16-18,32H,8,10H2,(H,31,33). The van der Waals surface area contributed by atoms with Gasteiger partial charge in [0, 0.05) is 17.5 Å². The van der Waals surface area contributed by atoms with E-state index in [4.69, 9.17) is 10.00 Å². The summed E-state index contributed by atoms with van der Waals surface area (Å²) in [4.78, 5) is 13.4. The van der Waals surface area contributed by atoms with Crippen molar-refractivity contribution < 1.29 is 41.0 Å². The molecule has 5 nitrogen and oxygen atoms in total. The highest BCUT2D eigenvalue weighted by atomic mass is 19.4. The van der Waals surface area contributed by atoms with Crippen molar-refractivity contribution in [2.24, 2.45) is 5.41 Å². The predicted octanol–water partition coefficient (Wildman–Crippen LogP) is 4.39. The van der Waals surface area contributed by atoms with Crippen LogP contribution < -0.4 is 5.32 Å². The molecular weight excluding hydrogens is 466 g/mol. The smallest absolute Gasteiger partial charge is 0.390 e. The fourth-order valence-electron chi connectivity index (χ4n) is 5.70. The number of ether oxygens (including phenoxy) is 1. The Bertz CT molecular complexity index is 1240. The van der Waals surface area contributed by atoms with E-state index in [1.807, 2.05) is 0 Å². The highest BCUT2D eigenvalue weighted by Gasteiger charge is 2.87.